The van der Waals surface area contributed by atoms with Gasteiger partial charge in [0.2, 0.25) is 0 Å². The lowest BCUT2D eigenvalue weighted by Gasteiger charge is -2.03. The predicted octanol–water partition coefficient (Wildman–Crippen LogP) is 2.18. The second-order valence-electron chi connectivity index (χ2n) is 2.65. The molecule has 10 heavy (non-hydrogen) atoms. The van der Waals surface area contributed by atoms with Crippen molar-refractivity contribution in [3.63, 3.8) is 0 Å². The molecule has 0 fully saturated rings. The fourth-order valence-electron chi connectivity index (χ4n) is 0.816. The topological polar surface area (TPSA) is 17.8 Å². The van der Waals surface area contributed by atoms with Crippen LogP contribution >= 0.6 is 0 Å². The lowest BCUT2D eigenvalue weighted by molar-refractivity contribution is 0.523. The number of hydrogen-bond acceptors (Lipinski definition) is 1. The molecule has 0 saturated carbocycles. The summed E-state index contributed by atoms with van der Waals surface area (Å²) in [5.74, 6) is 0.708. The molecule has 0 aromatic carbocycles. The van der Waals surface area contributed by atoms with Gasteiger partial charge in [0.05, 0.1) is 6.33 Å². The summed E-state index contributed by atoms with van der Waals surface area (Å²) in [4.78, 5) is 3.94. The summed E-state index contributed by atoms with van der Waals surface area (Å²) in [6.45, 7) is 5.46. The van der Waals surface area contributed by atoms with E-state index in [1.54, 1.807) is 0 Å². The van der Waals surface area contributed by atoms with Crippen LogP contribution in [0.25, 0.3) is 0 Å². The van der Waals surface area contributed by atoms with Crippen molar-refractivity contribution in [2.45, 2.75) is 27.8 Å². The van der Waals surface area contributed by atoms with Crippen LogP contribution in [0.5, 0.6) is 0 Å². The van der Waals surface area contributed by atoms with Crippen molar-refractivity contribution in [2.24, 2.45) is 5.92 Å². The molecular formula is C8H16N2. The van der Waals surface area contributed by atoms with Crippen molar-refractivity contribution in [1.29, 1.82) is 0 Å². The highest BCUT2D eigenvalue weighted by Crippen LogP contribution is 1.96. The quantitative estimate of drug-likeness (QED) is 0.615. The van der Waals surface area contributed by atoms with Crippen LogP contribution in [0.4, 0.5) is 0 Å². The molecule has 0 atom stereocenters. The van der Waals surface area contributed by atoms with E-state index >= 15 is 0 Å². The van der Waals surface area contributed by atoms with Crippen LogP contribution < -0.4 is 0 Å². The van der Waals surface area contributed by atoms with Crippen molar-refractivity contribution < 1.29 is 0 Å². The Kier molecular flexibility index (Phi) is 3.77. The number of rotatable bonds is 2. The standard InChI is InChI=1S/C7H12N2.CH4/c1-7(2)5-9-4-3-8-6-9;/h3-4,6-7H,5H2,1-2H3;1H4. The molecule has 0 aliphatic rings. The fourth-order valence-corrected chi connectivity index (χ4v) is 0.816. The van der Waals surface area contributed by atoms with Gasteiger partial charge in [-0.1, -0.05) is 21.3 Å². The van der Waals surface area contributed by atoms with Crippen molar-refractivity contribution in [3.8, 4) is 0 Å². The Bertz CT molecular complexity index is 154. The summed E-state index contributed by atoms with van der Waals surface area (Å²) < 4.78 is 2.09. The summed E-state index contributed by atoms with van der Waals surface area (Å²) in [5.41, 5.74) is 0. The summed E-state index contributed by atoms with van der Waals surface area (Å²) in [5, 5.41) is 0. The average Bonchev–Trinajstić information content (AvgIpc) is 2.15. The predicted molar refractivity (Wildman–Crippen MR) is 43.8 cm³/mol. The SMILES string of the molecule is C.CC(C)Cn1ccnc1. The van der Waals surface area contributed by atoms with E-state index in [4.69, 9.17) is 0 Å². The Balaban J connectivity index is 0.000000810. The molecule has 0 unspecified atom stereocenters. The first-order chi connectivity index (χ1) is 4.29. The molecule has 0 aliphatic carbocycles. The molecule has 0 radical (unpaired) electrons. The third kappa shape index (κ3) is 2.67. The molecule has 0 N–H and O–H groups in total. The molecule has 0 saturated heterocycles. The summed E-state index contributed by atoms with van der Waals surface area (Å²) >= 11 is 0. The third-order valence-corrected chi connectivity index (χ3v) is 1.14. The zero-order valence-electron chi connectivity index (χ0n) is 5.91. The van der Waals surface area contributed by atoms with E-state index in [0.29, 0.717) is 5.92 Å². The van der Waals surface area contributed by atoms with Gasteiger partial charge in [-0.25, -0.2) is 4.98 Å². The van der Waals surface area contributed by atoms with Crippen LogP contribution in [0.15, 0.2) is 18.7 Å². The largest absolute Gasteiger partial charge is 0.337 e. The Morgan fingerprint density at radius 2 is 2.20 bits per heavy atom. The van der Waals surface area contributed by atoms with E-state index < -0.39 is 0 Å². The van der Waals surface area contributed by atoms with Crippen molar-refractivity contribution in [3.05, 3.63) is 18.7 Å². The van der Waals surface area contributed by atoms with Crippen molar-refractivity contribution in [1.82, 2.24) is 9.55 Å². The molecular weight excluding hydrogens is 124 g/mol. The van der Waals surface area contributed by atoms with Gasteiger partial charge in [0.1, 0.15) is 0 Å². The van der Waals surface area contributed by atoms with Crippen LogP contribution in [0.1, 0.15) is 21.3 Å². The first-order valence-corrected chi connectivity index (χ1v) is 3.25. The highest BCUT2D eigenvalue weighted by Gasteiger charge is 1.92. The molecule has 0 bridgehead atoms. The molecule has 0 spiro atoms. The maximum Gasteiger partial charge on any atom is 0.0945 e. The molecule has 58 valence electrons. The Labute approximate surface area is 62.9 Å². The van der Waals surface area contributed by atoms with Gasteiger partial charge in [0.25, 0.3) is 0 Å². The van der Waals surface area contributed by atoms with Crippen LogP contribution in [0.2, 0.25) is 0 Å². The molecule has 1 aromatic heterocycles. The lowest BCUT2D eigenvalue weighted by atomic mass is 10.2. The summed E-state index contributed by atoms with van der Waals surface area (Å²) in [6, 6.07) is 0. The number of imidazole rings is 1. The van der Waals surface area contributed by atoms with Crippen molar-refractivity contribution >= 4 is 0 Å². The third-order valence-electron chi connectivity index (χ3n) is 1.14. The highest BCUT2D eigenvalue weighted by molar-refractivity contribution is 4.74. The maximum absolute atomic E-state index is 3.94. The van der Waals surface area contributed by atoms with Gasteiger partial charge >= 0.3 is 0 Å². The number of nitrogens with zero attached hydrogens (tertiary/aromatic N) is 2. The van der Waals surface area contributed by atoms with E-state index in [2.05, 4.69) is 23.4 Å². The maximum atomic E-state index is 3.94. The first-order valence-electron chi connectivity index (χ1n) is 3.25. The zero-order chi connectivity index (χ0) is 6.69. The Morgan fingerprint density at radius 3 is 2.60 bits per heavy atom. The van der Waals surface area contributed by atoms with Crippen LogP contribution in [-0.4, -0.2) is 9.55 Å². The van der Waals surface area contributed by atoms with E-state index in [9.17, 15) is 0 Å². The molecule has 1 rings (SSSR count). The average molecular weight is 140 g/mol. The van der Waals surface area contributed by atoms with Gasteiger partial charge < -0.3 is 4.57 Å². The van der Waals surface area contributed by atoms with Gasteiger partial charge in [0.15, 0.2) is 0 Å². The molecule has 2 heteroatoms. The van der Waals surface area contributed by atoms with Crippen LogP contribution in [-0.2, 0) is 6.54 Å². The summed E-state index contributed by atoms with van der Waals surface area (Å²) in [6.07, 6.45) is 5.64. The van der Waals surface area contributed by atoms with Gasteiger partial charge in [-0.2, -0.15) is 0 Å². The van der Waals surface area contributed by atoms with E-state index in [0.717, 1.165) is 6.54 Å². The number of aromatic nitrogens is 2. The first kappa shape index (κ1) is 9.21. The highest BCUT2D eigenvalue weighted by atomic mass is 15.0. The van der Waals surface area contributed by atoms with E-state index in [1.807, 2.05) is 18.7 Å². The Morgan fingerprint density at radius 1 is 1.50 bits per heavy atom. The smallest absolute Gasteiger partial charge is 0.0945 e. The molecule has 0 aliphatic heterocycles. The normalized spacial score (nSPS) is 9.50. The van der Waals surface area contributed by atoms with Crippen LogP contribution in [0, 0.1) is 5.92 Å². The molecule has 1 aromatic rings. The monoisotopic (exact) mass is 140 g/mol. The molecule has 0 amide bonds. The fraction of sp³-hybridized carbons (Fsp3) is 0.625. The van der Waals surface area contributed by atoms with Gasteiger partial charge in [-0.3, -0.25) is 0 Å². The minimum Gasteiger partial charge on any atom is -0.337 e. The van der Waals surface area contributed by atoms with E-state index in [-0.39, 0.29) is 7.43 Å². The summed E-state index contributed by atoms with van der Waals surface area (Å²) in [7, 11) is 0. The second kappa shape index (κ2) is 4.09. The van der Waals surface area contributed by atoms with Gasteiger partial charge in [0, 0.05) is 18.9 Å². The van der Waals surface area contributed by atoms with Crippen LogP contribution in [0.3, 0.4) is 0 Å². The lowest BCUT2D eigenvalue weighted by Crippen LogP contribution is -2.00. The molecule has 2 nitrogen and oxygen atoms in total. The Hall–Kier alpha value is -0.790. The minimum atomic E-state index is 0. The zero-order valence-corrected chi connectivity index (χ0v) is 5.91. The number of hydrogen-bond donors (Lipinski definition) is 0. The van der Waals surface area contributed by atoms with Gasteiger partial charge in [-0.05, 0) is 5.92 Å². The minimum absolute atomic E-state index is 0. The van der Waals surface area contributed by atoms with Crippen molar-refractivity contribution in [2.75, 3.05) is 0 Å². The molecule has 1 heterocycles. The van der Waals surface area contributed by atoms with E-state index in [1.165, 1.54) is 0 Å². The second-order valence-corrected chi connectivity index (χ2v) is 2.65. The van der Waals surface area contributed by atoms with Gasteiger partial charge in [-0.15, -0.1) is 0 Å².